The van der Waals surface area contributed by atoms with Gasteiger partial charge in [0.25, 0.3) is 0 Å². The zero-order valence-corrected chi connectivity index (χ0v) is 9.42. The fourth-order valence-corrected chi connectivity index (χ4v) is 2.61. The predicted molar refractivity (Wildman–Crippen MR) is 58.7 cm³/mol. The van der Waals surface area contributed by atoms with E-state index in [1.165, 1.54) is 0 Å². The summed E-state index contributed by atoms with van der Waals surface area (Å²) in [5, 5.41) is 18.5. The highest BCUT2D eigenvalue weighted by Gasteiger charge is 2.28. The third kappa shape index (κ3) is 1.96. The highest BCUT2D eigenvalue weighted by atomic mass is 32.1. The molecule has 4 nitrogen and oxygen atoms in total. The van der Waals surface area contributed by atoms with Crippen molar-refractivity contribution in [2.24, 2.45) is 5.92 Å². The van der Waals surface area contributed by atoms with E-state index < -0.39 is 0 Å². The molecule has 0 atom stereocenters. The summed E-state index contributed by atoms with van der Waals surface area (Å²) in [5.41, 5.74) is 0.777. The second-order valence-corrected chi connectivity index (χ2v) is 4.97. The van der Waals surface area contributed by atoms with Crippen molar-refractivity contribution in [1.29, 1.82) is 5.26 Å². The molecular weight excluding hydrogens is 210 g/mol. The molecule has 2 rings (SSSR count). The Labute approximate surface area is 92.8 Å². The summed E-state index contributed by atoms with van der Waals surface area (Å²) in [6, 6.07) is 2.19. The lowest BCUT2D eigenvalue weighted by molar-refractivity contribution is 0.276. The minimum Gasteiger partial charge on any atom is -0.390 e. The van der Waals surface area contributed by atoms with Crippen LogP contribution in [0.3, 0.4) is 0 Å². The monoisotopic (exact) mass is 223 g/mol. The van der Waals surface area contributed by atoms with E-state index in [0.717, 1.165) is 28.8 Å². The number of rotatable bonds is 3. The van der Waals surface area contributed by atoms with Gasteiger partial charge in [-0.2, -0.15) is 5.26 Å². The van der Waals surface area contributed by atoms with Crippen LogP contribution in [0, 0.1) is 24.2 Å². The van der Waals surface area contributed by atoms with E-state index in [0.29, 0.717) is 12.3 Å². The number of anilines is 1. The fraction of sp³-hybridized carbons (Fsp3) is 0.600. The van der Waals surface area contributed by atoms with Crippen LogP contribution in [0.25, 0.3) is 0 Å². The molecule has 0 amide bonds. The topological polar surface area (TPSA) is 60.2 Å². The van der Waals surface area contributed by atoms with Crippen molar-refractivity contribution in [2.45, 2.75) is 20.0 Å². The molecule has 5 heteroatoms. The molecule has 1 N–H and O–H groups in total. The molecular formula is C10H13N3OS. The average Bonchev–Trinajstić information content (AvgIpc) is 2.52. The zero-order chi connectivity index (χ0) is 10.8. The summed E-state index contributed by atoms with van der Waals surface area (Å²) < 4.78 is 0. The molecule has 0 spiro atoms. The largest absolute Gasteiger partial charge is 0.390 e. The number of aliphatic hydroxyl groups is 1. The van der Waals surface area contributed by atoms with Crippen molar-refractivity contribution in [3.05, 3.63) is 10.6 Å². The Hall–Kier alpha value is -1.12. The Morgan fingerprint density at radius 3 is 2.93 bits per heavy atom. The molecule has 2 heterocycles. The third-order valence-corrected chi connectivity index (χ3v) is 3.71. The van der Waals surface area contributed by atoms with Crippen LogP contribution < -0.4 is 4.90 Å². The first-order valence-corrected chi connectivity index (χ1v) is 5.75. The van der Waals surface area contributed by atoms with E-state index in [2.05, 4.69) is 16.0 Å². The number of thiazole rings is 1. The molecule has 15 heavy (non-hydrogen) atoms. The van der Waals surface area contributed by atoms with E-state index >= 15 is 0 Å². The van der Waals surface area contributed by atoms with Gasteiger partial charge in [-0.05, 0) is 6.92 Å². The number of aliphatic hydroxyl groups excluding tert-OH is 1. The van der Waals surface area contributed by atoms with Crippen LogP contribution >= 0.6 is 11.3 Å². The number of hydrogen-bond donors (Lipinski definition) is 1. The van der Waals surface area contributed by atoms with Gasteiger partial charge in [0.2, 0.25) is 0 Å². The van der Waals surface area contributed by atoms with Gasteiger partial charge in [0.15, 0.2) is 5.13 Å². The summed E-state index contributed by atoms with van der Waals surface area (Å²) in [6.07, 6.45) is 0.633. The number of hydrogen-bond acceptors (Lipinski definition) is 5. The SMILES string of the molecule is Cc1sc(N2CC(CC#N)C2)nc1CO. The summed E-state index contributed by atoms with van der Waals surface area (Å²) in [4.78, 5) is 7.60. The molecule has 0 saturated carbocycles. The molecule has 0 radical (unpaired) electrons. The van der Waals surface area contributed by atoms with Gasteiger partial charge < -0.3 is 10.0 Å². The van der Waals surface area contributed by atoms with Crippen molar-refractivity contribution in [3.63, 3.8) is 0 Å². The van der Waals surface area contributed by atoms with Crippen LogP contribution in [-0.4, -0.2) is 23.2 Å². The van der Waals surface area contributed by atoms with Gasteiger partial charge in [0, 0.05) is 30.3 Å². The number of aryl methyl sites for hydroxylation is 1. The van der Waals surface area contributed by atoms with Crippen LogP contribution in [0.5, 0.6) is 0 Å². The molecule has 80 valence electrons. The Kier molecular flexibility index (Phi) is 2.89. The second kappa shape index (κ2) is 4.17. The molecule has 1 aromatic rings. The molecule has 0 aromatic carbocycles. The van der Waals surface area contributed by atoms with Crippen LogP contribution in [0.1, 0.15) is 17.0 Å². The third-order valence-electron chi connectivity index (χ3n) is 2.64. The summed E-state index contributed by atoms with van der Waals surface area (Å²) in [7, 11) is 0. The van der Waals surface area contributed by atoms with Crippen molar-refractivity contribution >= 4 is 16.5 Å². The highest BCUT2D eigenvalue weighted by Crippen LogP contribution is 2.31. The van der Waals surface area contributed by atoms with Crippen molar-refractivity contribution < 1.29 is 5.11 Å². The average molecular weight is 223 g/mol. The van der Waals surface area contributed by atoms with Crippen molar-refractivity contribution in [2.75, 3.05) is 18.0 Å². The molecule has 0 bridgehead atoms. The van der Waals surface area contributed by atoms with Crippen molar-refractivity contribution in [3.8, 4) is 6.07 Å². The normalized spacial score (nSPS) is 16.2. The maximum atomic E-state index is 9.02. The summed E-state index contributed by atoms with van der Waals surface area (Å²) in [5.74, 6) is 0.497. The van der Waals surface area contributed by atoms with Gasteiger partial charge in [0.1, 0.15) is 0 Å². The maximum absolute atomic E-state index is 9.02. The number of nitrogens with zero attached hydrogens (tertiary/aromatic N) is 3. The number of nitriles is 1. The van der Waals surface area contributed by atoms with Crippen molar-refractivity contribution in [1.82, 2.24) is 4.98 Å². The van der Waals surface area contributed by atoms with Gasteiger partial charge in [-0.15, -0.1) is 11.3 Å². The van der Waals surface area contributed by atoms with Crippen LogP contribution in [0.2, 0.25) is 0 Å². The summed E-state index contributed by atoms with van der Waals surface area (Å²) >= 11 is 1.61. The van der Waals surface area contributed by atoms with Crippen LogP contribution in [-0.2, 0) is 6.61 Å². The lowest BCUT2D eigenvalue weighted by Gasteiger charge is -2.37. The number of aromatic nitrogens is 1. The van der Waals surface area contributed by atoms with Gasteiger partial charge in [-0.3, -0.25) is 0 Å². The molecule has 1 aliphatic rings. The van der Waals surface area contributed by atoms with Crippen LogP contribution in [0.15, 0.2) is 0 Å². The minimum atomic E-state index is 0.0117. The Bertz CT molecular complexity index is 390. The maximum Gasteiger partial charge on any atom is 0.185 e. The van der Waals surface area contributed by atoms with Gasteiger partial charge in [-0.25, -0.2) is 4.98 Å². The van der Waals surface area contributed by atoms with Gasteiger partial charge >= 0.3 is 0 Å². The molecule has 1 aliphatic heterocycles. The first kappa shape index (κ1) is 10.4. The van der Waals surface area contributed by atoms with E-state index in [9.17, 15) is 0 Å². The van der Waals surface area contributed by atoms with E-state index in [1.807, 2.05) is 6.92 Å². The first-order valence-electron chi connectivity index (χ1n) is 4.93. The minimum absolute atomic E-state index is 0.0117. The molecule has 0 unspecified atom stereocenters. The lowest BCUT2D eigenvalue weighted by atomic mass is 9.98. The fourth-order valence-electron chi connectivity index (χ4n) is 1.68. The Morgan fingerprint density at radius 2 is 2.40 bits per heavy atom. The smallest absolute Gasteiger partial charge is 0.185 e. The van der Waals surface area contributed by atoms with Crippen LogP contribution in [0.4, 0.5) is 5.13 Å². The second-order valence-electron chi connectivity index (χ2n) is 3.79. The molecule has 1 aromatic heterocycles. The molecule has 0 aliphatic carbocycles. The predicted octanol–water partition coefficient (Wildman–Crippen LogP) is 1.29. The van der Waals surface area contributed by atoms with E-state index in [4.69, 9.17) is 10.4 Å². The summed E-state index contributed by atoms with van der Waals surface area (Å²) in [6.45, 7) is 3.83. The Morgan fingerprint density at radius 1 is 1.67 bits per heavy atom. The van der Waals surface area contributed by atoms with E-state index in [1.54, 1.807) is 11.3 Å². The quantitative estimate of drug-likeness (QED) is 0.839. The standard InChI is InChI=1S/C10H13N3OS/c1-7-9(6-14)12-10(15-7)13-4-8(5-13)2-3-11/h8,14H,2,4-6H2,1H3. The lowest BCUT2D eigenvalue weighted by Crippen LogP contribution is -2.46. The first-order chi connectivity index (χ1) is 7.24. The zero-order valence-electron chi connectivity index (χ0n) is 8.60. The Balaban J connectivity index is 1.98. The van der Waals surface area contributed by atoms with E-state index in [-0.39, 0.29) is 6.61 Å². The van der Waals surface area contributed by atoms with Gasteiger partial charge in [-0.1, -0.05) is 0 Å². The van der Waals surface area contributed by atoms with Gasteiger partial charge in [0.05, 0.1) is 18.4 Å². The highest BCUT2D eigenvalue weighted by molar-refractivity contribution is 7.15. The molecule has 1 fully saturated rings. The molecule has 1 saturated heterocycles.